The first-order valence-corrected chi connectivity index (χ1v) is 19.2. The lowest BCUT2D eigenvalue weighted by molar-refractivity contribution is -0.478. The van der Waals surface area contributed by atoms with Gasteiger partial charge in [-0.25, -0.2) is 15.0 Å². The SMILES string of the molecule is C#CC#CC#CC#CC#CC#CC#CC#CC#CC#CC#CC.COc1ccc(Cn2c(=O)n3ncnc3c3c(C)c(CN4CCOC(C)(C)C4)sc32)cc1.N=N/N=N/N(OO)OS.[HH].[HH].[HH].[HH].[HH].[HH].[HH].[HH].[HH].[HH].[HH]. The molecule has 2 N–H and O–H groups in total. The van der Waals surface area contributed by atoms with Gasteiger partial charge in [0.15, 0.2) is 5.65 Å². The maximum absolute atomic E-state index is 13.3. The highest BCUT2D eigenvalue weighted by Crippen LogP contribution is 2.34. The molecule has 5 rings (SSSR count). The van der Waals surface area contributed by atoms with E-state index in [1.807, 2.05) is 28.8 Å². The molecule has 4 aromatic rings. The molecule has 1 saturated heterocycles. The largest absolute Gasteiger partial charge is 0.497 e. The first-order chi connectivity index (χ1) is 31.1. The number of morpholine rings is 1. The summed E-state index contributed by atoms with van der Waals surface area (Å²) < 4.78 is 18.2. The lowest BCUT2D eigenvalue weighted by atomic mass is 10.1. The molecule has 1 aromatic carbocycles. The number of benzene rings is 1. The Morgan fingerprint density at radius 3 is 2.00 bits per heavy atom. The monoisotopic (exact) mass is 908 g/mol. The second-order valence-corrected chi connectivity index (χ2v) is 13.6. The van der Waals surface area contributed by atoms with Gasteiger partial charge in [-0.3, -0.25) is 9.47 Å². The zero-order valence-electron chi connectivity index (χ0n) is 34.9. The molecule has 4 heterocycles. The van der Waals surface area contributed by atoms with Crippen molar-refractivity contribution in [3.63, 3.8) is 0 Å². The fourth-order valence-corrected chi connectivity index (χ4v) is 6.53. The molecule has 0 bridgehead atoms. The molecule has 0 amide bonds. The van der Waals surface area contributed by atoms with E-state index in [0.29, 0.717) is 12.2 Å². The maximum atomic E-state index is 13.3. The molecule has 16 nitrogen and oxygen atoms in total. The number of thiophene rings is 1. The number of rotatable bonds is 9. The quantitative estimate of drug-likeness (QED) is 0.0388. The summed E-state index contributed by atoms with van der Waals surface area (Å²) in [5, 5.41) is 21.0. The highest BCUT2D eigenvalue weighted by Gasteiger charge is 2.28. The van der Waals surface area contributed by atoms with E-state index < -0.39 is 0 Å². The minimum absolute atomic E-state index is 0. The van der Waals surface area contributed by atoms with Gasteiger partial charge < -0.3 is 9.47 Å². The zero-order valence-corrected chi connectivity index (χ0v) is 36.6. The highest BCUT2D eigenvalue weighted by molar-refractivity contribution is 7.75. The number of hydrogen-bond donors (Lipinski definition) is 3. The van der Waals surface area contributed by atoms with Crippen LogP contribution in [-0.2, 0) is 27.1 Å². The fraction of sp³-hybridized carbons (Fsp3) is 0.239. The smallest absolute Gasteiger partial charge is 0.352 e. The van der Waals surface area contributed by atoms with E-state index in [1.54, 1.807) is 25.4 Å². The molecule has 0 unspecified atom stereocenters. The summed E-state index contributed by atoms with van der Waals surface area (Å²) in [4.78, 5) is 25.7. The van der Waals surface area contributed by atoms with E-state index in [0.717, 1.165) is 53.3 Å². The van der Waals surface area contributed by atoms with Crippen LogP contribution in [0, 0.1) is 143 Å². The van der Waals surface area contributed by atoms with Crippen molar-refractivity contribution in [2.75, 3.05) is 26.8 Å². The molecule has 0 radical (unpaired) electrons. The van der Waals surface area contributed by atoms with Gasteiger partial charge in [0.05, 0.1) is 31.2 Å². The minimum Gasteiger partial charge on any atom is -0.497 e. The predicted octanol–water partition coefficient (Wildman–Crippen LogP) is 7.24. The van der Waals surface area contributed by atoms with E-state index in [1.165, 1.54) is 15.7 Å². The Hall–Kier alpha value is -8.36. The number of fused-ring (bicyclic) bond motifs is 3. The molecular weight excluding hydrogens is 853 g/mol. The molecule has 1 fully saturated rings. The van der Waals surface area contributed by atoms with Crippen LogP contribution >= 0.6 is 24.2 Å². The summed E-state index contributed by atoms with van der Waals surface area (Å²) in [5.41, 5.74) is 8.54. The molecule has 1 aliphatic heterocycles. The average molecular weight is 909 g/mol. The van der Waals surface area contributed by atoms with Crippen LogP contribution in [0.5, 0.6) is 5.75 Å². The van der Waals surface area contributed by atoms with Gasteiger partial charge in [-0.2, -0.15) is 19.4 Å². The van der Waals surface area contributed by atoms with Crippen molar-refractivity contribution in [2.24, 2.45) is 15.7 Å². The van der Waals surface area contributed by atoms with Gasteiger partial charge in [0, 0.05) is 87.4 Å². The van der Waals surface area contributed by atoms with Crippen LogP contribution in [0.4, 0.5) is 0 Å². The average Bonchev–Trinajstić information content (AvgIpc) is 3.91. The van der Waals surface area contributed by atoms with Crippen molar-refractivity contribution >= 4 is 40.1 Å². The number of nitrogens with zero attached hydrogens (tertiary/aromatic N) is 9. The summed E-state index contributed by atoms with van der Waals surface area (Å²) in [6.45, 7) is 11.9. The minimum atomic E-state index is -0.180. The van der Waals surface area contributed by atoms with Crippen molar-refractivity contribution in [1.82, 2.24) is 29.4 Å². The van der Waals surface area contributed by atoms with Crippen molar-refractivity contribution in [2.45, 2.75) is 46.4 Å². The Balaban J connectivity index is -0.000000130. The molecule has 64 heavy (non-hydrogen) atoms. The first-order valence-electron chi connectivity index (χ1n) is 18.0. The highest BCUT2D eigenvalue weighted by atomic mass is 32.1. The molecule has 338 valence electrons. The number of ether oxygens (including phenoxy) is 2. The summed E-state index contributed by atoms with van der Waals surface area (Å²) in [7, 11) is 1.65. The van der Waals surface area contributed by atoms with Gasteiger partial charge in [-0.05, 0) is 156 Å². The van der Waals surface area contributed by atoms with Gasteiger partial charge in [0.1, 0.15) is 16.9 Å². The number of nitrogens with one attached hydrogen (secondary N) is 1. The Morgan fingerprint density at radius 1 is 0.953 bits per heavy atom. The first kappa shape index (κ1) is 50.0. The lowest BCUT2D eigenvalue weighted by Crippen LogP contribution is -2.47. The number of methoxy groups -OCH3 is 1. The molecule has 0 aliphatic carbocycles. The number of thiol groups is 1. The van der Waals surface area contributed by atoms with Crippen molar-refractivity contribution < 1.29 is 39.7 Å². The molecular formula is C46H56N10O6S2. The van der Waals surface area contributed by atoms with E-state index in [4.69, 9.17) is 26.7 Å². The molecule has 3 aromatic heterocycles. The molecule has 1 aliphatic rings. The van der Waals surface area contributed by atoms with Crippen LogP contribution in [0.25, 0.3) is 15.9 Å². The van der Waals surface area contributed by atoms with Crippen LogP contribution in [-0.4, -0.2) is 67.1 Å². The van der Waals surface area contributed by atoms with Crippen molar-refractivity contribution in [3.05, 3.63) is 57.1 Å². The normalized spacial score (nSPS) is 11.2. The van der Waals surface area contributed by atoms with Gasteiger partial charge in [0.2, 0.25) is 0 Å². The van der Waals surface area contributed by atoms with E-state index in [-0.39, 0.29) is 32.3 Å². The second-order valence-electron chi connectivity index (χ2n) is 12.3. The molecule has 0 spiro atoms. The molecule has 18 heteroatoms. The van der Waals surface area contributed by atoms with Crippen LogP contribution < -0.4 is 10.4 Å². The standard InChI is InChI=1S/C23H27N5O3S.C23H4.H3N5O3S.11H2/c1-15-18(12-26-9-10-31-23(2,3)13-26)32-21-19(15)20-24-14-25-28(20)22(29)27(21)11-16-5-7-17(30-4)8-6-16;1-3-5-7-9-11-13-15-17-19-21-23-22-20-18-16-14-12-10-8-6-4-2;1-2-3-4-5(7-6)8-9;;;;;;;;;;;/h5-8,14H,9-13H2,1-4H3;1H,2H3;1,6,9H;11*1H/b;;2-1?,4-3+;;;;;;;;;;;. The Bertz CT molecular complexity index is 3160. The Labute approximate surface area is 396 Å². The fourth-order valence-electron chi connectivity index (χ4n) is 5.14. The number of aromatic nitrogens is 4. The second kappa shape index (κ2) is 28.2. The van der Waals surface area contributed by atoms with Crippen LogP contribution in [0.1, 0.15) is 52.5 Å². The van der Waals surface area contributed by atoms with Crippen LogP contribution in [0.3, 0.4) is 0 Å². The summed E-state index contributed by atoms with van der Waals surface area (Å²) in [6.07, 6.45) is 6.36. The summed E-state index contributed by atoms with van der Waals surface area (Å²) in [5.74, 6) is 52.7. The van der Waals surface area contributed by atoms with E-state index >= 15 is 0 Å². The third-order valence-corrected chi connectivity index (χ3v) is 9.09. The lowest BCUT2D eigenvalue weighted by Gasteiger charge is -2.38. The van der Waals surface area contributed by atoms with Crippen LogP contribution in [0.15, 0.2) is 51.1 Å². The molecule has 0 saturated carbocycles. The topological polar surface area (TPSA) is 177 Å². The number of aryl methyl sites for hydroxylation is 1. The van der Waals surface area contributed by atoms with Gasteiger partial charge in [-0.1, -0.05) is 23.0 Å². The number of hydrogen-bond acceptors (Lipinski definition) is 13. The number of terminal acetylenes is 1. The molecule has 0 atom stereocenters. The van der Waals surface area contributed by atoms with Gasteiger partial charge >= 0.3 is 5.69 Å². The summed E-state index contributed by atoms with van der Waals surface area (Å²) >= 11 is 4.83. The predicted molar refractivity (Wildman–Crippen MR) is 266 cm³/mol. The van der Waals surface area contributed by atoms with Gasteiger partial charge in [0.25, 0.3) is 0 Å². The van der Waals surface area contributed by atoms with Gasteiger partial charge in [-0.15, -0.1) is 17.8 Å². The van der Waals surface area contributed by atoms with Crippen LogP contribution in [0.2, 0.25) is 0 Å². The zero-order chi connectivity index (χ0) is 46.4. The third kappa shape index (κ3) is 17.0. The van der Waals surface area contributed by atoms with Crippen molar-refractivity contribution in [1.29, 1.82) is 5.53 Å². The summed E-state index contributed by atoms with van der Waals surface area (Å²) in [6, 6.07) is 7.80. The maximum Gasteiger partial charge on any atom is 0.352 e. The third-order valence-electron chi connectivity index (χ3n) is 7.65. The Kier molecular flexibility index (Phi) is 22.0. The van der Waals surface area contributed by atoms with E-state index in [9.17, 15) is 4.79 Å². The Morgan fingerprint density at radius 2 is 1.52 bits per heavy atom. The van der Waals surface area contributed by atoms with Crippen molar-refractivity contribution in [3.8, 4) is 137 Å². The van der Waals surface area contributed by atoms with E-state index in [2.05, 4.69) is 198 Å².